The fourth-order valence-corrected chi connectivity index (χ4v) is 3.36. The van der Waals surface area contributed by atoms with E-state index in [1.54, 1.807) is 0 Å². The SMILES string of the molecule is CCCNC(=O)C1CCN(C(=O)C2CCCCC2)CC1. The van der Waals surface area contributed by atoms with E-state index in [9.17, 15) is 9.59 Å². The number of amides is 2. The zero-order valence-corrected chi connectivity index (χ0v) is 12.7. The number of nitrogens with one attached hydrogen (secondary N) is 1. The maximum atomic E-state index is 12.4. The van der Waals surface area contributed by atoms with Crippen LogP contribution in [-0.4, -0.2) is 36.3 Å². The molecule has 20 heavy (non-hydrogen) atoms. The molecular formula is C16H28N2O2. The summed E-state index contributed by atoms with van der Waals surface area (Å²) in [5.41, 5.74) is 0. The summed E-state index contributed by atoms with van der Waals surface area (Å²) in [7, 11) is 0. The van der Waals surface area contributed by atoms with Gasteiger partial charge in [0.05, 0.1) is 0 Å². The Kier molecular flexibility index (Phi) is 5.86. The molecule has 4 nitrogen and oxygen atoms in total. The first kappa shape index (κ1) is 15.3. The van der Waals surface area contributed by atoms with Gasteiger partial charge in [-0.15, -0.1) is 0 Å². The molecule has 0 radical (unpaired) electrons. The Morgan fingerprint density at radius 3 is 2.25 bits per heavy atom. The highest BCUT2D eigenvalue weighted by Gasteiger charge is 2.31. The molecule has 2 rings (SSSR count). The number of hydrogen-bond acceptors (Lipinski definition) is 2. The van der Waals surface area contributed by atoms with Gasteiger partial charge in [-0.25, -0.2) is 0 Å². The van der Waals surface area contributed by atoms with E-state index in [4.69, 9.17) is 0 Å². The first-order valence-corrected chi connectivity index (χ1v) is 8.29. The molecule has 1 N–H and O–H groups in total. The third-order valence-corrected chi connectivity index (χ3v) is 4.68. The van der Waals surface area contributed by atoms with E-state index in [1.165, 1.54) is 19.3 Å². The van der Waals surface area contributed by atoms with Crippen LogP contribution in [0.1, 0.15) is 58.3 Å². The monoisotopic (exact) mass is 280 g/mol. The van der Waals surface area contributed by atoms with Crippen LogP contribution in [0.2, 0.25) is 0 Å². The molecule has 1 aliphatic heterocycles. The zero-order valence-electron chi connectivity index (χ0n) is 12.7. The van der Waals surface area contributed by atoms with Crippen molar-refractivity contribution >= 4 is 11.8 Å². The first-order chi connectivity index (χ1) is 9.72. The smallest absolute Gasteiger partial charge is 0.225 e. The van der Waals surface area contributed by atoms with Crippen molar-refractivity contribution in [2.45, 2.75) is 58.3 Å². The van der Waals surface area contributed by atoms with Gasteiger partial charge in [-0.3, -0.25) is 9.59 Å². The Labute approximate surface area is 122 Å². The van der Waals surface area contributed by atoms with Crippen molar-refractivity contribution in [1.82, 2.24) is 10.2 Å². The second kappa shape index (κ2) is 7.65. The first-order valence-electron chi connectivity index (χ1n) is 8.29. The highest BCUT2D eigenvalue weighted by molar-refractivity contribution is 5.81. The quantitative estimate of drug-likeness (QED) is 0.859. The molecule has 2 fully saturated rings. The lowest BCUT2D eigenvalue weighted by atomic mass is 9.87. The van der Waals surface area contributed by atoms with Crippen LogP contribution in [0.4, 0.5) is 0 Å². The molecule has 0 bridgehead atoms. The highest BCUT2D eigenvalue weighted by atomic mass is 16.2. The fraction of sp³-hybridized carbons (Fsp3) is 0.875. The van der Waals surface area contributed by atoms with E-state index >= 15 is 0 Å². The minimum Gasteiger partial charge on any atom is -0.356 e. The largest absolute Gasteiger partial charge is 0.356 e. The molecule has 2 aliphatic rings. The van der Waals surface area contributed by atoms with E-state index in [-0.39, 0.29) is 17.7 Å². The summed E-state index contributed by atoms with van der Waals surface area (Å²) in [6, 6.07) is 0. The highest BCUT2D eigenvalue weighted by Crippen LogP contribution is 2.27. The van der Waals surface area contributed by atoms with Crippen molar-refractivity contribution < 1.29 is 9.59 Å². The van der Waals surface area contributed by atoms with Crippen LogP contribution in [-0.2, 0) is 9.59 Å². The van der Waals surface area contributed by atoms with Gasteiger partial charge in [0, 0.05) is 31.5 Å². The molecule has 114 valence electrons. The van der Waals surface area contributed by atoms with Crippen LogP contribution in [0, 0.1) is 11.8 Å². The number of nitrogens with zero attached hydrogens (tertiary/aromatic N) is 1. The van der Waals surface area contributed by atoms with Gasteiger partial charge in [-0.05, 0) is 32.1 Å². The minimum absolute atomic E-state index is 0.108. The molecule has 0 unspecified atom stereocenters. The van der Waals surface area contributed by atoms with Crippen LogP contribution in [0.15, 0.2) is 0 Å². The van der Waals surface area contributed by atoms with Crippen molar-refractivity contribution in [3.8, 4) is 0 Å². The Morgan fingerprint density at radius 1 is 1.00 bits per heavy atom. The Bertz CT molecular complexity index is 329. The average Bonchev–Trinajstić information content (AvgIpc) is 2.53. The normalized spacial score (nSPS) is 21.8. The number of hydrogen-bond donors (Lipinski definition) is 1. The molecule has 0 atom stereocenters. The van der Waals surface area contributed by atoms with Crippen molar-refractivity contribution in [1.29, 1.82) is 0 Å². The van der Waals surface area contributed by atoms with Crippen molar-refractivity contribution in [3.63, 3.8) is 0 Å². The molecule has 0 aromatic heterocycles. The molecule has 2 amide bonds. The predicted molar refractivity (Wildman–Crippen MR) is 79.2 cm³/mol. The van der Waals surface area contributed by atoms with Gasteiger partial charge in [0.2, 0.25) is 11.8 Å². The van der Waals surface area contributed by atoms with Crippen LogP contribution in [0.25, 0.3) is 0 Å². The summed E-state index contributed by atoms with van der Waals surface area (Å²) >= 11 is 0. The second-order valence-electron chi connectivity index (χ2n) is 6.23. The fourth-order valence-electron chi connectivity index (χ4n) is 3.36. The molecule has 1 aliphatic carbocycles. The third kappa shape index (κ3) is 3.97. The van der Waals surface area contributed by atoms with E-state index in [0.29, 0.717) is 5.91 Å². The van der Waals surface area contributed by atoms with Gasteiger partial charge in [-0.2, -0.15) is 0 Å². The number of piperidine rings is 1. The summed E-state index contributed by atoms with van der Waals surface area (Å²) in [6.07, 6.45) is 8.44. The average molecular weight is 280 g/mol. The summed E-state index contributed by atoms with van der Waals surface area (Å²) in [5.74, 6) is 0.889. The molecule has 0 spiro atoms. The lowest BCUT2D eigenvalue weighted by Gasteiger charge is -2.34. The minimum atomic E-state index is 0.108. The van der Waals surface area contributed by atoms with Gasteiger partial charge in [-0.1, -0.05) is 26.2 Å². The van der Waals surface area contributed by atoms with E-state index in [2.05, 4.69) is 12.2 Å². The number of likely N-dealkylation sites (tertiary alicyclic amines) is 1. The third-order valence-electron chi connectivity index (χ3n) is 4.68. The van der Waals surface area contributed by atoms with Crippen LogP contribution in [0.5, 0.6) is 0 Å². The van der Waals surface area contributed by atoms with E-state index in [0.717, 1.165) is 51.7 Å². The predicted octanol–water partition coefficient (Wildman–Crippen LogP) is 2.33. The van der Waals surface area contributed by atoms with Gasteiger partial charge >= 0.3 is 0 Å². The molecular weight excluding hydrogens is 252 g/mol. The standard InChI is InChI=1S/C16H28N2O2/c1-2-10-17-15(19)13-8-11-18(12-9-13)16(20)14-6-4-3-5-7-14/h13-14H,2-12H2,1H3,(H,17,19). The van der Waals surface area contributed by atoms with E-state index < -0.39 is 0 Å². The van der Waals surface area contributed by atoms with Crippen LogP contribution >= 0.6 is 0 Å². The number of carbonyl (C=O) groups is 2. The molecule has 0 aromatic carbocycles. The Morgan fingerprint density at radius 2 is 1.65 bits per heavy atom. The number of carbonyl (C=O) groups excluding carboxylic acids is 2. The summed E-state index contributed by atoms with van der Waals surface area (Å²) in [4.78, 5) is 26.3. The zero-order chi connectivity index (χ0) is 14.4. The number of rotatable bonds is 4. The van der Waals surface area contributed by atoms with Gasteiger partial charge in [0.15, 0.2) is 0 Å². The van der Waals surface area contributed by atoms with Crippen molar-refractivity contribution in [2.24, 2.45) is 11.8 Å². The van der Waals surface area contributed by atoms with Gasteiger partial charge < -0.3 is 10.2 Å². The van der Waals surface area contributed by atoms with Crippen molar-refractivity contribution in [3.05, 3.63) is 0 Å². The van der Waals surface area contributed by atoms with Gasteiger partial charge in [0.1, 0.15) is 0 Å². The van der Waals surface area contributed by atoms with Crippen LogP contribution < -0.4 is 5.32 Å². The molecule has 4 heteroatoms. The van der Waals surface area contributed by atoms with Crippen molar-refractivity contribution in [2.75, 3.05) is 19.6 Å². The lowest BCUT2D eigenvalue weighted by Crippen LogP contribution is -2.45. The van der Waals surface area contributed by atoms with Crippen LogP contribution in [0.3, 0.4) is 0 Å². The van der Waals surface area contributed by atoms with Gasteiger partial charge in [0.25, 0.3) is 0 Å². The molecule has 1 heterocycles. The maximum Gasteiger partial charge on any atom is 0.225 e. The molecule has 0 aromatic rings. The molecule has 1 saturated carbocycles. The summed E-state index contributed by atoms with van der Waals surface area (Å²) in [5, 5.41) is 2.97. The Balaban J connectivity index is 1.75. The maximum absolute atomic E-state index is 12.4. The summed E-state index contributed by atoms with van der Waals surface area (Å²) in [6.45, 7) is 4.35. The topological polar surface area (TPSA) is 49.4 Å². The second-order valence-corrected chi connectivity index (χ2v) is 6.23. The lowest BCUT2D eigenvalue weighted by molar-refractivity contribution is -0.140. The molecule has 1 saturated heterocycles. The summed E-state index contributed by atoms with van der Waals surface area (Å²) < 4.78 is 0. The van der Waals surface area contributed by atoms with E-state index in [1.807, 2.05) is 4.90 Å². The Hall–Kier alpha value is -1.06.